The molecule has 1 aliphatic rings. The van der Waals surface area contributed by atoms with Gasteiger partial charge in [0.05, 0.1) is 0 Å². The molecule has 0 spiro atoms. The molecule has 0 aliphatic carbocycles. The molecule has 0 radical (unpaired) electrons. The van der Waals surface area contributed by atoms with Crippen molar-refractivity contribution in [3.63, 3.8) is 0 Å². The van der Waals surface area contributed by atoms with E-state index in [0.717, 1.165) is 18.8 Å². The summed E-state index contributed by atoms with van der Waals surface area (Å²) < 4.78 is 2.04. The van der Waals surface area contributed by atoms with E-state index < -0.39 is 0 Å². The van der Waals surface area contributed by atoms with Crippen LogP contribution in [0, 0.1) is 0 Å². The Morgan fingerprint density at radius 2 is 2.27 bits per heavy atom. The fourth-order valence-corrected chi connectivity index (χ4v) is 0.968. The summed E-state index contributed by atoms with van der Waals surface area (Å²) in [4.78, 5) is 0. The Bertz CT molecular complexity index is 237. The summed E-state index contributed by atoms with van der Waals surface area (Å²) >= 11 is 0. The van der Waals surface area contributed by atoms with Crippen molar-refractivity contribution in [3.8, 4) is 0 Å². The number of fused-ring (bicyclic) bond motifs is 1. The number of aryl methyl sites for hydroxylation is 1. The van der Waals surface area contributed by atoms with E-state index in [4.69, 9.17) is 0 Å². The largest absolute Gasteiger partial charge is 0.314 e. The number of hydrogen-bond donors (Lipinski definition) is 0. The molecule has 0 aromatic carbocycles. The molecule has 1 aliphatic heterocycles. The van der Waals surface area contributed by atoms with Crippen molar-refractivity contribution >= 4 is 6.08 Å². The number of allylic oxidation sites excluding steroid dienone is 1. The molecule has 2 heterocycles. The normalized spacial score (nSPS) is 13.3. The maximum atomic E-state index is 3.88. The molecule has 11 heavy (non-hydrogen) atoms. The molecule has 0 saturated carbocycles. The fraction of sp³-hybridized carbons (Fsp3) is 0.500. The Morgan fingerprint density at radius 1 is 1.45 bits per heavy atom. The minimum absolute atomic E-state index is 0.973. The smallest absolute Gasteiger partial charge is 0.156 e. The Labute approximate surface area is 66.8 Å². The van der Waals surface area contributed by atoms with E-state index in [-0.39, 0.29) is 0 Å². The highest BCUT2D eigenvalue weighted by molar-refractivity contribution is 5.40. The second-order valence-electron chi connectivity index (χ2n) is 2.07. The van der Waals surface area contributed by atoms with Gasteiger partial charge in [-0.15, -0.1) is 10.2 Å². The van der Waals surface area contributed by atoms with Gasteiger partial charge in [0.25, 0.3) is 0 Å². The highest BCUT2D eigenvalue weighted by Crippen LogP contribution is 2.06. The lowest BCUT2D eigenvalue weighted by Crippen LogP contribution is -2.01. The van der Waals surface area contributed by atoms with Crippen LogP contribution in [0.1, 0.15) is 26.1 Å². The molecule has 3 heteroatoms. The molecule has 0 atom stereocenters. The van der Waals surface area contributed by atoms with E-state index in [2.05, 4.69) is 16.3 Å². The highest BCUT2D eigenvalue weighted by atomic mass is 15.3. The zero-order valence-corrected chi connectivity index (χ0v) is 6.99. The molecule has 0 fully saturated rings. The van der Waals surface area contributed by atoms with E-state index in [1.54, 1.807) is 6.33 Å². The van der Waals surface area contributed by atoms with Crippen LogP contribution in [0.2, 0.25) is 0 Å². The second kappa shape index (κ2) is 3.91. The van der Waals surface area contributed by atoms with Gasteiger partial charge < -0.3 is 4.57 Å². The van der Waals surface area contributed by atoms with Crippen LogP contribution in [0.3, 0.4) is 0 Å². The molecule has 1 aromatic rings. The van der Waals surface area contributed by atoms with Crippen LogP contribution in [-0.4, -0.2) is 14.8 Å². The first-order valence-corrected chi connectivity index (χ1v) is 4.01. The third-order valence-electron chi connectivity index (χ3n) is 1.45. The molecule has 0 unspecified atom stereocenters. The van der Waals surface area contributed by atoms with E-state index in [9.17, 15) is 0 Å². The van der Waals surface area contributed by atoms with Crippen molar-refractivity contribution in [2.24, 2.45) is 0 Å². The van der Waals surface area contributed by atoms with E-state index in [1.807, 2.05) is 24.5 Å². The maximum Gasteiger partial charge on any atom is 0.156 e. The van der Waals surface area contributed by atoms with Gasteiger partial charge in [-0.05, 0) is 12.5 Å². The first-order valence-electron chi connectivity index (χ1n) is 4.01. The third kappa shape index (κ3) is 1.67. The SMILES string of the molecule is C1=Cc2nncn2CC1.CC. The maximum absolute atomic E-state index is 3.88. The minimum Gasteiger partial charge on any atom is -0.314 e. The number of nitrogens with zero attached hydrogens (tertiary/aromatic N) is 3. The lowest BCUT2D eigenvalue weighted by atomic mass is 10.3. The zero-order valence-electron chi connectivity index (χ0n) is 6.99. The predicted octanol–water partition coefficient (Wildman–Crippen LogP) is 1.72. The third-order valence-corrected chi connectivity index (χ3v) is 1.45. The summed E-state index contributed by atoms with van der Waals surface area (Å²) in [5, 5.41) is 7.65. The van der Waals surface area contributed by atoms with Crippen LogP contribution in [0.15, 0.2) is 12.4 Å². The van der Waals surface area contributed by atoms with E-state index >= 15 is 0 Å². The Balaban J connectivity index is 0.000000281. The van der Waals surface area contributed by atoms with Crippen LogP contribution < -0.4 is 0 Å². The molecule has 1 aromatic heterocycles. The van der Waals surface area contributed by atoms with Crippen LogP contribution >= 0.6 is 0 Å². The summed E-state index contributed by atoms with van der Waals surface area (Å²) in [5.74, 6) is 0.973. The average Bonchev–Trinajstić information content (AvgIpc) is 2.55. The molecule has 3 nitrogen and oxygen atoms in total. The number of rotatable bonds is 0. The summed E-state index contributed by atoms with van der Waals surface area (Å²) in [7, 11) is 0. The Hall–Kier alpha value is -1.12. The van der Waals surface area contributed by atoms with Crippen molar-refractivity contribution in [1.82, 2.24) is 14.8 Å². The van der Waals surface area contributed by atoms with Crippen LogP contribution in [0.25, 0.3) is 6.08 Å². The topological polar surface area (TPSA) is 30.7 Å². The van der Waals surface area contributed by atoms with Gasteiger partial charge in [0.15, 0.2) is 5.82 Å². The molecule has 2 rings (SSSR count). The molecule has 60 valence electrons. The summed E-state index contributed by atoms with van der Waals surface area (Å²) in [6.07, 6.45) is 6.98. The van der Waals surface area contributed by atoms with Gasteiger partial charge in [-0.1, -0.05) is 19.9 Å². The summed E-state index contributed by atoms with van der Waals surface area (Å²) in [6, 6.07) is 0. The summed E-state index contributed by atoms with van der Waals surface area (Å²) in [5.41, 5.74) is 0. The second-order valence-corrected chi connectivity index (χ2v) is 2.07. The van der Waals surface area contributed by atoms with Crippen LogP contribution in [-0.2, 0) is 6.54 Å². The van der Waals surface area contributed by atoms with Crippen LogP contribution in [0.5, 0.6) is 0 Å². The summed E-state index contributed by atoms with van der Waals surface area (Å²) in [6.45, 7) is 5.03. The molecular weight excluding hydrogens is 138 g/mol. The molecule has 0 saturated heterocycles. The van der Waals surface area contributed by atoms with E-state index in [0.29, 0.717) is 0 Å². The van der Waals surface area contributed by atoms with Gasteiger partial charge in [0.2, 0.25) is 0 Å². The number of aromatic nitrogens is 3. The van der Waals surface area contributed by atoms with Crippen molar-refractivity contribution in [2.45, 2.75) is 26.8 Å². The molecule has 0 bridgehead atoms. The quantitative estimate of drug-likeness (QED) is 0.565. The standard InChI is InChI=1S/C6H7N3.C2H6/c1-2-4-9-5-7-8-6(9)3-1;1-2/h1,3,5H,2,4H2;1-2H3. The van der Waals surface area contributed by atoms with Crippen molar-refractivity contribution in [3.05, 3.63) is 18.2 Å². The average molecular weight is 151 g/mol. The highest BCUT2D eigenvalue weighted by Gasteiger charge is 2.01. The van der Waals surface area contributed by atoms with Gasteiger partial charge in [-0.3, -0.25) is 0 Å². The number of hydrogen-bond acceptors (Lipinski definition) is 2. The first-order chi connectivity index (χ1) is 5.47. The predicted molar refractivity (Wildman–Crippen MR) is 45.0 cm³/mol. The zero-order chi connectivity index (χ0) is 8.10. The van der Waals surface area contributed by atoms with Gasteiger partial charge >= 0.3 is 0 Å². The minimum atomic E-state index is 0.973. The molecule has 0 N–H and O–H groups in total. The monoisotopic (exact) mass is 151 g/mol. The fourth-order valence-electron chi connectivity index (χ4n) is 0.968. The van der Waals surface area contributed by atoms with Gasteiger partial charge in [0, 0.05) is 6.54 Å². The van der Waals surface area contributed by atoms with Crippen molar-refractivity contribution < 1.29 is 0 Å². The van der Waals surface area contributed by atoms with Gasteiger partial charge in [-0.2, -0.15) is 0 Å². The Morgan fingerprint density at radius 3 is 3.00 bits per heavy atom. The van der Waals surface area contributed by atoms with Crippen LogP contribution in [0.4, 0.5) is 0 Å². The molecular formula is C8H13N3. The lowest BCUT2D eigenvalue weighted by molar-refractivity contribution is 0.688. The van der Waals surface area contributed by atoms with Gasteiger partial charge in [0.1, 0.15) is 6.33 Å². The Kier molecular flexibility index (Phi) is 2.83. The first kappa shape index (κ1) is 7.98. The van der Waals surface area contributed by atoms with E-state index in [1.165, 1.54) is 0 Å². The molecule has 0 amide bonds. The lowest BCUT2D eigenvalue weighted by Gasteiger charge is -2.04. The van der Waals surface area contributed by atoms with Crippen molar-refractivity contribution in [1.29, 1.82) is 0 Å². The van der Waals surface area contributed by atoms with Crippen molar-refractivity contribution in [2.75, 3.05) is 0 Å². The van der Waals surface area contributed by atoms with Gasteiger partial charge in [-0.25, -0.2) is 0 Å².